The standard InChI is InChI=1S/C10H13ClFNO/c1-5(2)9(13)7-3-6(11)4-8(12)10(7)14/h3-5,9,14H,13H2,1-2H3. The van der Waals surface area contributed by atoms with Crippen molar-refractivity contribution in [1.29, 1.82) is 0 Å². The summed E-state index contributed by atoms with van der Waals surface area (Å²) in [5.74, 6) is -1.03. The molecule has 0 aliphatic carbocycles. The second kappa shape index (κ2) is 4.15. The molecule has 1 rings (SSSR count). The van der Waals surface area contributed by atoms with Crippen LogP contribution in [0.2, 0.25) is 5.02 Å². The highest BCUT2D eigenvalue weighted by Crippen LogP contribution is 2.32. The van der Waals surface area contributed by atoms with E-state index < -0.39 is 17.6 Å². The Kier molecular flexibility index (Phi) is 3.34. The van der Waals surface area contributed by atoms with Crippen LogP contribution in [0.3, 0.4) is 0 Å². The van der Waals surface area contributed by atoms with E-state index in [9.17, 15) is 9.50 Å². The lowest BCUT2D eigenvalue weighted by Crippen LogP contribution is -2.17. The molecule has 0 spiro atoms. The third-order valence-electron chi connectivity index (χ3n) is 2.14. The number of aromatic hydroxyl groups is 1. The molecular weight excluding hydrogens is 205 g/mol. The van der Waals surface area contributed by atoms with Gasteiger partial charge in [-0.1, -0.05) is 25.4 Å². The van der Waals surface area contributed by atoms with Crippen molar-refractivity contribution in [2.75, 3.05) is 0 Å². The number of phenolic OH excluding ortho intramolecular Hbond substituents is 1. The van der Waals surface area contributed by atoms with Gasteiger partial charge in [-0.05, 0) is 18.1 Å². The predicted molar refractivity (Wildman–Crippen MR) is 54.8 cm³/mol. The van der Waals surface area contributed by atoms with Crippen LogP contribution >= 0.6 is 11.6 Å². The zero-order valence-corrected chi connectivity index (χ0v) is 8.85. The number of benzene rings is 1. The molecule has 0 saturated heterocycles. The molecule has 0 radical (unpaired) electrons. The normalized spacial score (nSPS) is 13.3. The third kappa shape index (κ3) is 2.16. The van der Waals surface area contributed by atoms with E-state index in [1.165, 1.54) is 6.07 Å². The summed E-state index contributed by atoms with van der Waals surface area (Å²) in [6.45, 7) is 3.78. The summed E-state index contributed by atoms with van der Waals surface area (Å²) >= 11 is 5.66. The van der Waals surface area contributed by atoms with Gasteiger partial charge < -0.3 is 10.8 Å². The summed E-state index contributed by atoms with van der Waals surface area (Å²) in [5.41, 5.74) is 6.14. The van der Waals surface area contributed by atoms with E-state index in [0.717, 1.165) is 6.07 Å². The van der Waals surface area contributed by atoms with Crippen LogP contribution in [-0.2, 0) is 0 Å². The van der Waals surface area contributed by atoms with E-state index >= 15 is 0 Å². The number of hydrogen-bond acceptors (Lipinski definition) is 2. The summed E-state index contributed by atoms with van der Waals surface area (Å²) in [6, 6.07) is 2.14. The minimum atomic E-state index is -0.733. The topological polar surface area (TPSA) is 46.2 Å². The first-order valence-electron chi connectivity index (χ1n) is 4.37. The Balaban J connectivity index is 3.20. The first-order chi connectivity index (χ1) is 6.43. The maximum absolute atomic E-state index is 13.1. The van der Waals surface area contributed by atoms with E-state index in [0.29, 0.717) is 5.56 Å². The second-order valence-electron chi connectivity index (χ2n) is 3.60. The zero-order chi connectivity index (χ0) is 10.9. The van der Waals surface area contributed by atoms with E-state index in [1.54, 1.807) is 0 Å². The lowest BCUT2D eigenvalue weighted by atomic mass is 9.96. The minimum absolute atomic E-state index is 0.110. The van der Waals surface area contributed by atoms with E-state index in [-0.39, 0.29) is 10.9 Å². The van der Waals surface area contributed by atoms with Crippen LogP contribution in [0.5, 0.6) is 5.75 Å². The average molecular weight is 218 g/mol. The molecule has 78 valence electrons. The molecule has 1 atom stereocenters. The van der Waals surface area contributed by atoms with E-state index in [2.05, 4.69) is 0 Å². The van der Waals surface area contributed by atoms with Crippen LogP contribution in [0.25, 0.3) is 0 Å². The van der Waals surface area contributed by atoms with Gasteiger partial charge in [-0.25, -0.2) is 4.39 Å². The van der Waals surface area contributed by atoms with Gasteiger partial charge in [0.2, 0.25) is 0 Å². The van der Waals surface area contributed by atoms with Gasteiger partial charge in [-0.2, -0.15) is 0 Å². The first-order valence-corrected chi connectivity index (χ1v) is 4.74. The number of rotatable bonds is 2. The van der Waals surface area contributed by atoms with Crippen LogP contribution < -0.4 is 5.73 Å². The molecule has 14 heavy (non-hydrogen) atoms. The number of halogens is 2. The summed E-state index contributed by atoms with van der Waals surface area (Å²) in [7, 11) is 0. The Labute approximate surface area is 87.5 Å². The van der Waals surface area contributed by atoms with Gasteiger partial charge in [0.1, 0.15) is 0 Å². The van der Waals surface area contributed by atoms with E-state index in [4.69, 9.17) is 17.3 Å². The molecular formula is C10H13ClFNO. The molecule has 0 aromatic heterocycles. The Bertz CT molecular complexity index is 341. The second-order valence-corrected chi connectivity index (χ2v) is 4.03. The molecule has 0 heterocycles. The van der Waals surface area contributed by atoms with Gasteiger partial charge in [0.05, 0.1) is 0 Å². The number of hydrogen-bond donors (Lipinski definition) is 2. The van der Waals surface area contributed by atoms with Gasteiger partial charge >= 0.3 is 0 Å². The van der Waals surface area contributed by atoms with Gasteiger partial charge in [0.25, 0.3) is 0 Å². The average Bonchev–Trinajstić information content (AvgIpc) is 2.09. The molecule has 0 fully saturated rings. The van der Waals surface area contributed by atoms with Crippen molar-refractivity contribution >= 4 is 11.6 Å². The Morgan fingerprint density at radius 2 is 2.00 bits per heavy atom. The quantitative estimate of drug-likeness (QED) is 0.800. The van der Waals surface area contributed by atoms with Crippen LogP contribution in [0, 0.1) is 11.7 Å². The fraction of sp³-hybridized carbons (Fsp3) is 0.400. The Hall–Kier alpha value is -0.800. The van der Waals surface area contributed by atoms with Gasteiger partial charge in [0, 0.05) is 16.6 Å². The van der Waals surface area contributed by atoms with Crippen molar-refractivity contribution in [2.45, 2.75) is 19.9 Å². The van der Waals surface area contributed by atoms with Crippen LogP contribution in [0.15, 0.2) is 12.1 Å². The molecule has 2 nitrogen and oxygen atoms in total. The summed E-state index contributed by atoms with van der Waals surface area (Å²) in [6.07, 6.45) is 0. The lowest BCUT2D eigenvalue weighted by Gasteiger charge is -2.17. The lowest BCUT2D eigenvalue weighted by molar-refractivity contribution is 0.407. The van der Waals surface area contributed by atoms with Gasteiger partial charge in [-0.3, -0.25) is 0 Å². The number of nitrogens with two attached hydrogens (primary N) is 1. The molecule has 0 aliphatic rings. The molecule has 1 unspecified atom stereocenters. The smallest absolute Gasteiger partial charge is 0.166 e. The van der Waals surface area contributed by atoms with Crippen LogP contribution in [-0.4, -0.2) is 5.11 Å². The monoisotopic (exact) mass is 217 g/mol. The van der Waals surface area contributed by atoms with E-state index in [1.807, 2.05) is 13.8 Å². The van der Waals surface area contributed by atoms with Crippen molar-refractivity contribution in [3.05, 3.63) is 28.5 Å². The molecule has 0 bridgehead atoms. The molecule has 3 N–H and O–H groups in total. The van der Waals surface area contributed by atoms with Crippen LogP contribution in [0.4, 0.5) is 4.39 Å². The molecule has 1 aromatic carbocycles. The molecule has 4 heteroatoms. The molecule has 0 amide bonds. The minimum Gasteiger partial charge on any atom is -0.505 e. The Morgan fingerprint density at radius 1 is 1.43 bits per heavy atom. The van der Waals surface area contributed by atoms with Crippen molar-refractivity contribution in [3.63, 3.8) is 0 Å². The summed E-state index contributed by atoms with van der Waals surface area (Å²) in [5, 5.41) is 9.67. The van der Waals surface area contributed by atoms with Crippen molar-refractivity contribution < 1.29 is 9.50 Å². The zero-order valence-electron chi connectivity index (χ0n) is 8.09. The fourth-order valence-corrected chi connectivity index (χ4v) is 1.41. The maximum atomic E-state index is 13.1. The highest BCUT2D eigenvalue weighted by Gasteiger charge is 2.18. The van der Waals surface area contributed by atoms with Crippen molar-refractivity contribution in [2.24, 2.45) is 11.7 Å². The highest BCUT2D eigenvalue weighted by molar-refractivity contribution is 6.30. The van der Waals surface area contributed by atoms with Gasteiger partial charge in [0.15, 0.2) is 11.6 Å². The Morgan fingerprint density at radius 3 is 2.50 bits per heavy atom. The van der Waals surface area contributed by atoms with Crippen molar-refractivity contribution in [3.8, 4) is 5.75 Å². The third-order valence-corrected chi connectivity index (χ3v) is 2.35. The molecule has 1 aromatic rings. The summed E-state index contributed by atoms with van der Waals surface area (Å²) < 4.78 is 13.1. The predicted octanol–water partition coefficient (Wildman–Crippen LogP) is 2.84. The fourth-order valence-electron chi connectivity index (χ4n) is 1.20. The molecule has 0 saturated carbocycles. The first kappa shape index (κ1) is 11.3. The SMILES string of the molecule is CC(C)C(N)c1cc(Cl)cc(F)c1O. The molecule has 0 aliphatic heterocycles. The highest BCUT2D eigenvalue weighted by atomic mass is 35.5. The van der Waals surface area contributed by atoms with Gasteiger partial charge in [-0.15, -0.1) is 0 Å². The summed E-state index contributed by atoms with van der Waals surface area (Å²) in [4.78, 5) is 0. The maximum Gasteiger partial charge on any atom is 0.166 e. The van der Waals surface area contributed by atoms with Crippen molar-refractivity contribution in [1.82, 2.24) is 0 Å². The largest absolute Gasteiger partial charge is 0.505 e. The van der Waals surface area contributed by atoms with Crippen LogP contribution in [0.1, 0.15) is 25.5 Å². The number of phenols is 1.